The highest BCUT2D eigenvalue weighted by Crippen LogP contribution is 2.18. The molecule has 0 aliphatic rings. The van der Waals surface area contributed by atoms with Gasteiger partial charge in [0.05, 0.1) is 7.11 Å². The van der Waals surface area contributed by atoms with Crippen molar-refractivity contribution >= 4 is 27.8 Å². The second-order valence-electron chi connectivity index (χ2n) is 4.11. The molecule has 1 rings (SSSR count). The summed E-state index contributed by atoms with van der Waals surface area (Å²) in [7, 11) is 1.28. The molecular weight excluding hydrogens is 326 g/mol. The van der Waals surface area contributed by atoms with E-state index < -0.39 is 18.1 Å². The van der Waals surface area contributed by atoms with E-state index in [9.17, 15) is 9.59 Å². The van der Waals surface area contributed by atoms with Gasteiger partial charge < -0.3 is 14.8 Å². The van der Waals surface area contributed by atoms with Gasteiger partial charge in [0.1, 0.15) is 6.10 Å². The maximum atomic E-state index is 12.0. The summed E-state index contributed by atoms with van der Waals surface area (Å²) in [5, 5.41) is 2.63. The van der Waals surface area contributed by atoms with Crippen LogP contribution in [0, 0.1) is 0 Å². The number of benzene rings is 1. The second-order valence-corrected chi connectivity index (χ2v) is 5.03. The minimum atomic E-state index is -0.844. The summed E-state index contributed by atoms with van der Waals surface area (Å²) in [6.45, 7) is 3.86. The first-order valence-corrected chi connectivity index (χ1v) is 7.04. The van der Waals surface area contributed by atoms with E-state index in [1.54, 1.807) is 38.1 Å². The molecule has 0 aliphatic carbocycles. The van der Waals surface area contributed by atoms with Gasteiger partial charge in [-0.25, -0.2) is 4.79 Å². The van der Waals surface area contributed by atoms with Gasteiger partial charge in [0.2, 0.25) is 5.91 Å². The molecule has 0 fully saturated rings. The molecule has 0 aliphatic heterocycles. The Kier molecular flexibility index (Phi) is 6.67. The quantitative estimate of drug-likeness (QED) is 0.804. The summed E-state index contributed by atoms with van der Waals surface area (Å²) in [5.74, 6) is -0.880. The summed E-state index contributed by atoms with van der Waals surface area (Å²) >= 11 is 3.32. The Bertz CT molecular complexity index is 461. The number of halogens is 1. The van der Waals surface area contributed by atoms with E-state index in [0.29, 0.717) is 12.2 Å². The number of hydrogen-bond donors (Lipinski definition) is 1. The number of amides is 1. The minimum absolute atomic E-state index is 0.356. The fourth-order valence-electron chi connectivity index (χ4n) is 1.64. The number of ether oxygens (including phenoxy) is 2. The van der Waals surface area contributed by atoms with Crippen molar-refractivity contribution in [2.45, 2.75) is 26.0 Å². The van der Waals surface area contributed by atoms with E-state index in [1.165, 1.54) is 7.11 Å². The van der Waals surface area contributed by atoms with E-state index >= 15 is 0 Å². The van der Waals surface area contributed by atoms with Gasteiger partial charge in [0, 0.05) is 11.1 Å². The van der Waals surface area contributed by atoms with Crippen LogP contribution >= 0.6 is 15.9 Å². The number of hydrogen-bond acceptors (Lipinski definition) is 4. The van der Waals surface area contributed by atoms with E-state index in [0.717, 1.165) is 4.47 Å². The molecule has 110 valence electrons. The topological polar surface area (TPSA) is 64.6 Å². The summed E-state index contributed by atoms with van der Waals surface area (Å²) in [6, 6.07) is 6.24. The Morgan fingerprint density at radius 2 is 1.90 bits per heavy atom. The fourth-order valence-corrected chi connectivity index (χ4v) is 1.90. The van der Waals surface area contributed by atoms with E-state index in [2.05, 4.69) is 21.2 Å². The van der Waals surface area contributed by atoms with Crippen LogP contribution in [0.5, 0.6) is 0 Å². The lowest BCUT2D eigenvalue weighted by Crippen LogP contribution is -2.40. The van der Waals surface area contributed by atoms with E-state index in [4.69, 9.17) is 9.47 Å². The number of nitrogens with one attached hydrogen (secondary N) is 1. The van der Waals surface area contributed by atoms with Crippen LogP contribution < -0.4 is 5.32 Å². The summed E-state index contributed by atoms with van der Waals surface area (Å²) in [4.78, 5) is 23.8. The van der Waals surface area contributed by atoms with Crippen molar-refractivity contribution in [3.05, 3.63) is 34.3 Å². The first-order chi connectivity index (χ1) is 9.49. The molecular formula is C14H18BrNO4. The molecule has 5 nitrogen and oxygen atoms in total. The Morgan fingerprint density at radius 3 is 2.40 bits per heavy atom. The molecule has 1 N–H and O–H groups in total. The lowest BCUT2D eigenvalue weighted by atomic mass is 10.1. The van der Waals surface area contributed by atoms with Crippen LogP contribution in [0.15, 0.2) is 28.7 Å². The van der Waals surface area contributed by atoms with Crippen molar-refractivity contribution in [2.75, 3.05) is 13.7 Å². The molecule has 0 heterocycles. The first kappa shape index (κ1) is 16.7. The van der Waals surface area contributed by atoms with Crippen molar-refractivity contribution in [3.63, 3.8) is 0 Å². The zero-order valence-electron chi connectivity index (χ0n) is 11.7. The molecule has 0 unspecified atom stereocenters. The van der Waals surface area contributed by atoms with Gasteiger partial charge in [-0.05, 0) is 31.5 Å². The molecule has 1 aromatic rings. The van der Waals surface area contributed by atoms with E-state index in [-0.39, 0.29) is 5.91 Å². The number of carbonyl (C=O) groups excluding carboxylic acids is 2. The minimum Gasteiger partial charge on any atom is -0.467 e. The monoisotopic (exact) mass is 343 g/mol. The van der Waals surface area contributed by atoms with Gasteiger partial charge in [-0.3, -0.25) is 4.79 Å². The zero-order chi connectivity index (χ0) is 15.1. The maximum absolute atomic E-state index is 12.0. The molecule has 20 heavy (non-hydrogen) atoms. The number of carbonyl (C=O) groups is 2. The van der Waals surface area contributed by atoms with Crippen LogP contribution in [0.3, 0.4) is 0 Å². The first-order valence-electron chi connectivity index (χ1n) is 6.24. The summed E-state index contributed by atoms with van der Waals surface area (Å²) in [6.07, 6.45) is -0.623. The third-order valence-electron chi connectivity index (χ3n) is 2.71. The zero-order valence-corrected chi connectivity index (χ0v) is 13.3. The predicted octanol–water partition coefficient (Wildman–Crippen LogP) is 2.20. The highest BCUT2D eigenvalue weighted by atomic mass is 79.9. The van der Waals surface area contributed by atoms with Gasteiger partial charge in [0.15, 0.2) is 6.04 Å². The van der Waals surface area contributed by atoms with Crippen molar-refractivity contribution in [3.8, 4) is 0 Å². The average Bonchev–Trinajstić information content (AvgIpc) is 2.45. The Morgan fingerprint density at radius 1 is 1.30 bits per heavy atom. The van der Waals surface area contributed by atoms with Gasteiger partial charge in [0.25, 0.3) is 0 Å². The van der Waals surface area contributed by atoms with Gasteiger partial charge in [-0.15, -0.1) is 0 Å². The van der Waals surface area contributed by atoms with Crippen LogP contribution in [0.2, 0.25) is 0 Å². The second kappa shape index (κ2) is 8.01. The number of rotatable bonds is 6. The molecule has 0 spiro atoms. The van der Waals surface area contributed by atoms with Crippen molar-refractivity contribution < 1.29 is 19.1 Å². The molecule has 0 aromatic heterocycles. The smallest absolute Gasteiger partial charge is 0.333 e. The lowest BCUT2D eigenvalue weighted by molar-refractivity contribution is -0.147. The van der Waals surface area contributed by atoms with Crippen LogP contribution in [-0.4, -0.2) is 31.7 Å². The Balaban J connectivity index is 2.88. The molecule has 0 saturated heterocycles. The summed E-state index contributed by atoms with van der Waals surface area (Å²) < 4.78 is 10.8. The van der Waals surface area contributed by atoms with Crippen molar-refractivity contribution in [2.24, 2.45) is 0 Å². The lowest BCUT2D eigenvalue weighted by Gasteiger charge is -2.19. The van der Waals surface area contributed by atoms with Gasteiger partial charge in [-0.2, -0.15) is 0 Å². The Hall–Kier alpha value is -1.40. The normalized spacial score (nSPS) is 13.4. The fraction of sp³-hybridized carbons (Fsp3) is 0.429. The van der Waals surface area contributed by atoms with Crippen molar-refractivity contribution in [1.29, 1.82) is 0 Å². The molecule has 1 aromatic carbocycles. The molecule has 0 radical (unpaired) electrons. The highest BCUT2D eigenvalue weighted by Gasteiger charge is 2.25. The predicted molar refractivity (Wildman–Crippen MR) is 78.1 cm³/mol. The third-order valence-corrected chi connectivity index (χ3v) is 3.24. The van der Waals surface area contributed by atoms with Crippen LogP contribution in [0.25, 0.3) is 0 Å². The average molecular weight is 344 g/mol. The largest absolute Gasteiger partial charge is 0.467 e. The standard InChI is InChI=1S/C14H18BrNO4/c1-4-20-9(2)13(17)16-12(14(18)19-3)10-5-7-11(15)8-6-10/h5-9,12H,4H2,1-3H3,(H,16,17)/t9-,12-/m1/s1. The van der Waals surface area contributed by atoms with E-state index in [1.807, 2.05) is 0 Å². The van der Waals surface area contributed by atoms with Crippen LogP contribution in [0.4, 0.5) is 0 Å². The number of methoxy groups -OCH3 is 1. The molecule has 6 heteroatoms. The number of esters is 1. The SMILES string of the molecule is CCO[C@H](C)C(=O)N[C@@H](C(=O)OC)c1ccc(Br)cc1. The molecule has 0 bridgehead atoms. The van der Waals surface area contributed by atoms with Crippen LogP contribution in [-0.2, 0) is 19.1 Å². The molecule has 0 saturated carbocycles. The molecule has 2 atom stereocenters. The highest BCUT2D eigenvalue weighted by molar-refractivity contribution is 9.10. The molecule has 1 amide bonds. The van der Waals surface area contributed by atoms with Crippen molar-refractivity contribution in [1.82, 2.24) is 5.32 Å². The van der Waals surface area contributed by atoms with Gasteiger partial charge in [-0.1, -0.05) is 28.1 Å². The maximum Gasteiger partial charge on any atom is 0.333 e. The third kappa shape index (κ3) is 4.61. The Labute approximate surface area is 126 Å². The van der Waals surface area contributed by atoms with Gasteiger partial charge >= 0.3 is 5.97 Å². The summed E-state index contributed by atoms with van der Waals surface area (Å²) in [5.41, 5.74) is 0.650. The van der Waals surface area contributed by atoms with Crippen LogP contribution in [0.1, 0.15) is 25.5 Å².